The third-order valence-electron chi connectivity index (χ3n) is 3.64. The molecule has 0 aliphatic carbocycles. The van der Waals surface area contributed by atoms with Crippen molar-refractivity contribution in [3.05, 3.63) is 41.7 Å². The predicted octanol–water partition coefficient (Wildman–Crippen LogP) is 1.20. The third kappa shape index (κ3) is 5.28. The second kappa shape index (κ2) is 7.90. The fourth-order valence-corrected chi connectivity index (χ4v) is 2.24. The van der Waals surface area contributed by atoms with Gasteiger partial charge in [-0.2, -0.15) is 0 Å². The zero-order chi connectivity index (χ0) is 15.1. The first-order valence-electron chi connectivity index (χ1n) is 7.26. The first-order chi connectivity index (χ1) is 10.1. The fourth-order valence-electron chi connectivity index (χ4n) is 2.24. The van der Waals surface area contributed by atoms with Gasteiger partial charge in [-0.25, -0.2) is 4.39 Å². The zero-order valence-electron chi connectivity index (χ0n) is 12.4. The minimum Gasteiger partial charge on any atom is -0.351 e. The van der Waals surface area contributed by atoms with E-state index >= 15 is 0 Å². The number of nitrogens with one attached hydrogen (secondary N) is 1. The van der Waals surface area contributed by atoms with E-state index < -0.39 is 0 Å². The summed E-state index contributed by atoms with van der Waals surface area (Å²) >= 11 is 0. The number of piperazine rings is 1. The van der Waals surface area contributed by atoms with Crippen molar-refractivity contribution in [2.45, 2.75) is 0 Å². The molecule has 0 unspecified atom stereocenters. The topological polar surface area (TPSA) is 35.6 Å². The van der Waals surface area contributed by atoms with E-state index in [-0.39, 0.29) is 11.7 Å². The minimum absolute atomic E-state index is 0.188. The number of hydrogen-bond acceptors (Lipinski definition) is 3. The zero-order valence-corrected chi connectivity index (χ0v) is 12.4. The van der Waals surface area contributed by atoms with Crippen molar-refractivity contribution in [1.29, 1.82) is 0 Å². The van der Waals surface area contributed by atoms with Crippen LogP contribution in [0.5, 0.6) is 0 Å². The Morgan fingerprint density at radius 2 is 2.00 bits per heavy atom. The van der Waals surface area contributed by atoms with Crippen molar-refractivity contribution in [2.75, 3.05) is 46.3 Å². The van der Waals surface area contributed by atoms with Gasteiger partial charge in [0.25, 0.3) is 0 Å². The van der Waals surface area contributed by atoms with Gasteiger partial charge in [0.15, 0.2) is 0 Å². The van der Waals surface area contributed by atoms with Crippen LogP contribution in [0.4, 0.5) is 4.39 Å². The van der Waals surface area contributed by atoms with Crippen molar-refractivity contribution in [1.82, 2.24) is 15.1 Å². The standard InChI is InChI=1S/C16H22FN3O/c1-19-10-12-20(13-11-19)9-8-18-16(21)7-6-14-4-2-3-5-15(14)17/h2-7H,8-13H2,1H3,(H,18,21)/b7-6+. The number of benzene rings is 1. The molecule has 0 aromatic heterocycles. The van der Waals surface area contributed by atoms with Gasteiger partial charge in [-0.3, -0.25) is 9.69 Å². The Balaban J connectivity index is 1.69. The van der Waals surface area contributed by atoms with E-state index in [1.54, 1.807) is 18.2 Å². The molecule has 2 rings (SSSR count). The van der Waals surface area contributed by atoms with E-state index in [0.717, 1.165) is 32.7 Å². The summed E-state index contributed by atoms with van der Waals surface area (Å²) in [5.41, 5.74) is 0.423. The highest BCUT2D eigenvalue weighted by Gasteiger charge is 2.12. The van der Waals surface area contributed by atoms with Crippen LogP contribution in [-0.2, 0) is 4.79 Å². The average Bonchev–Trinajstić information content (AvgIpc) is 2.48. The third-order valence-corrected chi connectivity index (χ3v) is 3.64. The van der Waals surface area contributed by atoms with E-state index in [9.17, 15) is 9.18 Å². The van der Waals surface area contributed by atoms with Gasteiger partial charge in [0.2, 0.25) is 5.91 Å². The van der Waals surface area contributed by atoms with Crippen LogP contribution in [0.15, 0.2) is 30.3 Å². The molecule has 0 atom stereocenters. The second-order valence-electron chi connectivity index (χ2n) is 5.29. The maximum atomic E-state index is 13.4. The molecule has 1 aliphatic heterocycles. The Kier molecular flexibility index (Phi) is 5.90. The molecule has 0 saturated carbocycles. The molecule has 0 radical (unpaired) electrons. The summed E-state index contributed by atoms with van der Waals surface area (Å²) in [5, 5.41) is 2.83. The van der Waals surface area contributed by atoms with Crippen LogP contribution < -0.4 is 5.32 Å². The van der Waals surface area contributed by atoms with Crippen molar-refractivity contribution in [3.8, 4) is 0 Å². The van der Waals surface area contributed by atoms with Crippen molar-refractivity contribution < 1.29 is 9.18 Å². The molecule has 1 aliphatic rings. The minimum atomic E-state index is -0.320. The van der Waals surface area contributed by atoms with Crippen LogP contribution in [0.25, 0.3) is 6.08 Å². The largest absolute Gasteiger partial charge is 0.351 e. The summed E-state index contributed by atoms with van der Waals surface area (Å²) < 4.78 is 13.4. The van der Waals surface area contributed by atoms with Gasteiger partial charge in [0.1, 0.15) is 5.82 Å². The van der Waals surface area contributed by atoms with Crippen molar-refractivity contribution >= 4 is 12.0 Å². The summed E-state index contributed by atoms with van der Waals surface area (Å²) in [4.78, 5) is 16.3. The average molecular weight is 291 g/mol. The van der Waals surface area contributed by atoms with E-state index in [2.05, 4.69) is 22.2 Å². The molecule has 114 valence electrons. The maximum Gasteiger partial charge on any atom is 0.244 e. The second-order valence-corrected chi connectivity index (χ2v) is 5.29. The first-order valence-corrected chi connectivity index (χ1v) is 7.26. The Bertz CT molecular complexity index is 496. The molecule has 1 heterocycles. The van der Waals surface area contributed by atoms with Crippen LogP contribution >= 0.6 is 0 Å². The molecule has 0 bridgehead atoms. The van der Waals surface area contributed by atoms with Crippen LogP contribution in [0.1, 0.15) is 5.56 Å². The molecule has 1 saturated heterocycles. The predicted molar refractivity (Wildman–Crippen MR) is 82.4 cm³/mol. The highest BCUT2D eigenvalue weighted by Crippen LogP contribution is 2.07. The summed E-state index contributed by atoms with van der Waals surface area (Å²) in [6.07, 6.45) is 2.88. The Morgan fingerprint density at radius 1 is 1.29 bits per heavy atom. The molecule has 4 nitrogen and oxygen atoms in total. The SMILES string of the molecule is CN1CCN(CCNC(=O)/C=C/c2ccccc2F)CC1. The smallest absolute Gasteiger partial charge is 0.244 e. The van der Waals surface area contributed by atoms with E-state index in [1.807, 2.05) is 0 Å². The molecule has 5 heteroatoms. The Hall–Kier alpha value is -1.72. The van der Waals surface area contributed by atoms with E-state index in [4.69, 9.17) is 0 Å². The van der Waals surface area contributed by atoms with Gasteiger partial charge in [-0.05, 0) is 19.2 Å². The summed E-state index contributed by atoms with van der Waals surface area (Å²) in [6.45, 7) is 5.69. The number of likely N-dealkylation sites (N-methyl/N-ethyl adjacent to an activating group) is 1. The molecule has 1 amide bonds. The Labute approximate surface area is 125 Å². The molecular formula is C16H22FN3O. The van der Waals surface area contributed by atoms with Gasteiger partial charge in [-0.1, -0.05) is 18.2 Å². The summed E-state index contributed by atoms with van der Waals surface area (Å²) in [5.74, 6) is -0.508. The molecule has 0 spiro atoms. The fraction of sp³-hybridized carbons (Fsp3) is 0.438. The number of carbonyl (C=O) groups is 1. The molecule has 1 fully saturated rings. The normalized spacial score (nSPS) is 17.2. The lowest BCUT2D eigenvalue weighted by molar-refractivity contribution is -0.116. The Morgan fingerprint density at radius 3 is 2.71 bits per heavy atom. The van der Waals surface area contributed by atoms with Gasteiger partial charge in [0.05, 0.1) is 0 Å². The number of rotatable bonds is 5. The van der Waals surface area contributed by atoms with Crippen LogP contribution in [0, 0.1) is 5.82 Å². The van der Waals surface area contributed by atoms with Crippen LogP contribution in [0.2, 0.25) is 0 Å². The summed E-state index contributed by atoms with van der Waals surface area (Å²) in [6, 6.07) is 6.39. The molecule has 1 N–H and O–H groups in total. The van der Waals surface area contributed by atoms with Crippen molar-refractivity contribution in [2.24, 2.45) is 0 Å². The monoisotopic (exact) mass is 291 g/mol. The maximum absolute atomic E-state index is 13.4. The lowest BCUT2D eigenvalue weighted by Gasteiger charge is -2.32. The number of carbonyl (C=O) groups excluding carboxylic acids is 1. The van der Waals surface area contributed by atoms with Gasteiger partial charge >= 0.3 is 0 Å². The quantitative estimate of drug-likeness (QED) is 0.828. The number of hydrogen-bond donors (Lipinski definition) is 1. The van der Waals surface area contributed by atoms with Gasteiger partial charge in [-0.15, -0.1) is 0 Å². The first kappa shape index (κ1) is 15.7. The van der Waals surface area contributed by atoms with E-state index in [0.29, 0.717) is 12.1 Å². The number of nitrogens with zero attached hydrogens (tertiary/aromatic N) is 2. The molecule has 1 aromatic carbocycles. The van der Waals surface area contributed by atoms with Crippen LogP contribution in [0.3, 0.4) is 0 Å². The van der Waals surface area contributed by atoms with E-state index in [1.165, 1.54) is 18.2 Å². The highest BCUT2D eigenvalue weighted by atomic mass is 19.1. The van der Waals surface area contributed by atoms with Crippen LogP contribution in [-0.4, -0.2) is 62.0 Å². The molecule has 1 aromatic rings. The van der Waals surface area contributed by atoms with Gasteiger partial charge < -0.3 is 10.2 Å². The molecular weight excluding hydrogens is 269 g/mol. The van der Waals surface area contributed by atoms with Crippen molar-refractivity contribution in [3.63, 3.8) is 0 Å². The number of amides is 1. The lowest BCUT2D eigenvalue weighted by Crippen LogP contribution is -2.46. The van der Waals surface area contributed by atoms with Gasteiger partial charge in [0, 0.05) is 50.9 Å². The summed E-state index contributed by atoms with van der Waals surface area (Å²) in [7, 11) is 2.12. The molecule has 21 heavy (non-hydrogen) atoms. The lowest BCUT2D eigenvalue weighted by atomic mass is 10.2. The highest BCUT2D eigenvalue weighted by molar-refractivity contribution is 5.91. The number of halogens is 1.